The molecule has 6 nitrogen and oxygen atoms in total. The first-order valence-corrected chi connectivity index (χ1v) is 12.0. The first kappa shape index (κ1) is 20.1. The van der Waals surface area contributed by atoms with E-state index in [0.717, 1.165) is 33.8 Å². The van der Waals surface area contributed by atoms with E-state index in [0.29, 0.717) is 24.0 Å². The van der Waals surface area contributed by atoms with Crippen molar-refractivity contribution < 1.29 is 9.21 Å². The van der Waals surface area contributed by atoms with Gasteiger partial charge in [0.15, 0.2) is 11.4 Å². The van der Waals surface area contributed by atoms with E-state index in [4.69, 9.17) is 4.42 Å². The highest BCUT2D eigenvalue weighted by Gasteiger charge is 2.22. The van der Waals surface area contributed by atoms with Gasteiger partial charge in [0.05, 0.1) is 0 Å². The molecule has 1 aliphatic rings. The van der Waals surface area contributed by atoms with Crippen LogP contribution in [0, 0.1) is 0 Å². The summed E-state index contributed by atoms with van der Waals surface area (Å²) in [5.74, 6) is 1.91. The SMILES string of the molecule is O=C(NCCc1nnc2ccccn12)c1oc2ccccc2c1CSC1CCCCC1. The van der Waals surface area contributed by atoms with Crippen LogP contribution in [0.5, 0.6) is 0 Å². The molecule has 1 saturated carbocycles. The number of hydrogen-bond donors (Lipinski definition) is 1. The van der Waals surface area contributed by atoms with Crippen LogP contribution in [0.1, 0.15) is 54.0 Å². The van der Waals surface area contributed by atoms with Crippen LogP contribution in [0.2, 0.25) is 0 Å². The van der Waals surface area contributed by atoms with E-state index in [1.807, 2.05) is 58.8 Å². The average Bonchev–Trinajstić information content (AvgIpc) is 3.40. The fraction of sp³-hybridized carbons (Fsp3) is 0.375. The quantitative estimate of drug-likeness (QED) is 0.442. The van der Waals surface area contributed by atoms with Crippen molar-refractivity contribution in [1.29, 1.82) is 0 Å². The predicted octanol–water partition coefficient (Wildman–Crippen LogP) is 5.01. The zero-order valence-corrected chi connectivity index (χ0v) is 18.2. The topological polar surface area (TPSA) is 72.4 Å². The Morgan fingerprint density at radius 2 is 1.94 bits per heavy atom. The molecule has 0 radical (unpaired) electrons. The Kier molecular flexibility index (Phi) is 5.93. The van der Waals surface area contributed by atoms with Crippen LogP contribution in [-0.2, 0) is 12.2 Å². The number of benzene rings is 1. The lowest BCUT2D eigenvalue weighted by Crippen LogP contribution is -2.26. The Balaban J connectivity index is 1.29. The molecule has 1 N–H and O–H groups in total. The molecule has 0 bridgehead atoms. The largest absolute Gasteiger partial charge is 0.451 e. The summed E-state index contributed by atoms with van der Waals surface area (Å²) in [6.45, 7) is 0.473. The molecule has 160 valence electrons. The molecule has 31 heavy (non-hydrogen) atoms. The minimum atomic E-state index is -0.163. The lowest BCUT2D eigenvalue weighted by molar-refractivity contribution is 0.0927. The van der Waals surface area contributed by atoms with Crippen LogP contribution < -0.4 is 5.32 Å². The van der Waals surface area contributed by atoms with E-state index in [2.05, 4.69) is 21.6 Å². The maximum absolute atomic E-state index is 13.0. The second-order valence-corrected chi connectivity index (χ2v) is 9.32. The van der Waals surface area contributed by atoms with Gasteiger partial charge in [0.2, 0.25) is 0 Å². The summed E-state index contributed by atoms with van der Waals surface area (Å²) < 4.78 is 7.94. The van der Waals surface area contributed by atoms with Gasteiger partial charge in [-0.2, -0.15) is 11.8 Å². The fourth-order valence-electron chi connectivity index (χ4n) is 4.29. The Hall–Kier alpha value is -2.80. The summed E-state index contributed by atoms with van der Waals surface area (Å²) in [7, 11) is 0. The number of nitrogens with one attached hydrogen (secondary N) is 1. The van der Waals surface area contributed by atoms with Gasteiger partial charge in [-0.25, -0.2) is 0 Å². The van der Waals surface area contributed by atoms with Crippen LogP contribution in [0.4, 0.5) is 0 Å². The molecule has 0 aliphatic heterocycles. The molecule has 7 heteroatoms. The van der Waals surface area contributed by atoms with Crippen molar-refractivity contribution in [3.63, 3.8) is 0 Å². The summed E-state index contributed by atoms with van der Waals surface area (Å²) in [5.41, 5.74) is 2.59. The lowest BCUT2D eigenvalue weighted by Gasteiger charge is -2.20. The minimum absolute atomic E-state index is 0.163. The summed E-state index contributed by atoms with van der Waals surface area (Å²) in [6, 6.07) is 13.7. The zero-order valence-electron chi connectivity index (χ0n) is 17.4. The van der Waals surface area contributed by atoms with Crippen LogP contribution >= 0.6 is 11.8 Å². The monoisotopic (exact) mass is 434 g/mol. The van der Waals surface area contributed by atoms with E-state index in [9.17, 15) is 4.79 Å². The van der Waals surface area contributed by atoms with Crippen molar-refractivity contribution in [2.45, 2.75) is 49.5 Å². The molecule has 3 heterocycles. The number of nitrogens with zero attached hydrogens (tertiary/aromatic N) is 3. The Labute approximate surface area is 185 Å². The third-order valence-electron chi connectivity index (χ3n) is 5.94. The average molecular weight is 435 g/mol. The van der Waals surface area contributed by atoms with Crippen molar-refractivity contribution in [1.82, 2.24) is 19.9 Å². The predicted molar refractivity (Wildman–Crippen MR) is 123 cm³/mol. The van der Waals surface area contributed by atoms with Gasteiger partial charge in [-0.3, -0.25) is 9.20 Å². The van der Waals surface area contributed by atoms with E-state index >= 15 is 0 Å². The van der Waals surface area contributed by atoms with Gasteiger partial charge in [-0.05, 0) is 31.0 Å². The second-order valence-electron chi connectivity index (χ2n) is 8.03. The standard InChI is InChI=1S/C24H26N4O2S/c29-24(25-14-13-22-27-26-21-12-6-7-15-28(21)22)23-19(16-31-17-8-2-1-3-9-17)18-10-4-5-11-20(18)30-23/h4-7,10-12,15,17H,1-3,8-9,13-14,16H2,(H,25,29). The number of carbonyl (C=O) groups is 1. The first-order valence-electron chi connectivity index (χ1n) is 11.0. The van der Waals surface area contributed by atoms with Crippen LogP contribution in [0.3, 0.4) is 0 Å². The smallest absolute Gasteiger partial charge is 0.287 e. The summed E-state index contributed by atoms with van der Waals surface area (Å²) >= 11 is 1.96. The van der Waals surface area contributed by atoms with Crippen molar-refractivity contribution >= 4 is 34.3 Å². The molecule has 1 fully saturated rings. The summed E-state index contributed by atoms with van der Waals surface area (Å²) in [4.78, 5) is 13.0. The van der Waals surface area contributed by atoms with Gasteiger partial charge < -0.3 is 9.73 Å². The molecular formula is C24H26N4O2S. The minimum Gasteiger partial charge on any atom is -0.451 e. The third kappa shape index (κ3) is 4.32. The number of pyridine rings is 1. The van der Waals surface area contributed by atoms with Crippen LogP contribution in [0.25, 0.3) is 16.6 Å². The molecule has 0 atom stereocenters. The number of thioether (sulfide) groups is 1. The molecule has 1 aromatic carbocycles. The molecule has 0 unspecified atom stereocenters. The van der Waals surface area contributed by atoms with Crippen molar-refractivity contribution in [2.24, 2.45) is 0 Å². The number of rotatable bonds is 7. The highest BCUT2D eigenvalue weighted by Crippen LogP contribution is 2.35. The Morgan fingerprint density at radius 1 is 1.10 bits per heavy atom. The van der Waals surface area contributed by atoms with Crippen molar-refractivity contribution in [3.8, 4) is 0 Å². The highest BCUT2D eigenvalue weighted by molar-refractivity contribution is 7.99. The number of furan rings is 1. The van der Waals surface area contributed by atoms with Gasteiger partial charge >= 0.3 is 0 Å². The number of carbonyl (C=O) groups excluding carboxylic acids is 1. The Morgan fingerprint density at radius 3 is 2.84 bits per heavy atom. The Bertz CT molecular complexity index is 1190. The number of fused-ring (bicyclic) bond motifs is 2. The fourth-order valence-corrected chi connectivity index (χ4v) is 5.64. The highest BCUT2D eigenvalue weighted by atomic mass is 32.2. The van der Waals surface area contributed by atoms with Gasteiger partial charge in [-0.15, -0.1) is 10.2 Å². The van der Waals surface area contributed by atoms with Gasteiger partial charge in [0, 0.05) is 41.1 Å². The summed E-state index contributed by atoms with van der Waals surface area (Å²) in [6.07, 6.45) is 9.06. The normalized spacial score (nSPS) is 15.0. The maximum atomic E-state index is 13.0. The number of hydrogen-bond acceptors (Lipinski definition) is 5. The number of aromatic nitrogens is 3. The van der Waals surface area contributed by atoms with E-state index in [-0.39, 0.29) is 5.91 Å². The van der Waals surface area contributed by atoms with Crippen LogP contribution in [-0.4, -0.2) is 32.3 Å². The first-order chi connectivity index (χ1) is 15.3. The van der Waals surface area contributed by atoms with E-state index in [1.54, 1.807) is 0 Å². The molecule has 5 rings (SSSR count). The lowest BCUT2D eigenvalue weighted by atomic mass is 10.0. The molecule has 1 aliphatic carbocycles. The van der Waals surface area contributed by atoms with E-state index < -0.39 is 0 Å². The summed E-state index contributed by atoms with van der Waals surface area (Å²) in [5, 5.41) is 13.1. The van der Waals surface area contributed by atoms with Crippen molar-refractivity contribution in [3.05, 3.63) is 65.8 Å². The van der Waals surface area contributed by atoms with Crippen molar-refractivity contribution in [2.75, 3.05) is 6.54 Å². The number of amides is 1. The van der Waals surface area contributed by atoms with Gasteiger partial charge in [0.1, 0.15) is 11.4 Å². The third-order valence-corrected chi connectivity index (χ3v) is 7.34. The molecule has 3 aromatic heterocycles. The van der Waals surface area contributed by atoms with Crippen LogP contribution in [0.15, 0.2) is 53.1 Å². The van der Waals surface area contributed by atoms with Gasteiger partial charge in [0.25, 0.3) is 5.91 Å². The zero-order chi connectivity index (χ0) is 21.0. The maximum Gasteiger partial charge on any atom is 0.287 e. The molecule has 1 amide bonds. The van der Waals surface area contributed by atoms with Gasteiger partial charge in [-0.1, -0.05) is 43.5 Å². The number of para-hydroxylation sites is 1. The second kappa shape index (κ2) is 9.14. The molecule has 0 spiro atoms. The molecule has 4 aromatic rings. The molecule has 0 saturated heterocycles. The van der Waals surface area contributed by atoms with E-state index in [1.165, 1.54) is 32.1 Å². The molecular weight excluding hydrogens is 408 g/mol.